The van der Waals surface area contributed by atoms with Crippen molar-refractivity contribution in [2.24, 2.45) is 0 Å². The third-order valence-electron chi connectivity index (χ3n) is 3.60. The number of carbonyl (C=O) groups is 2. The summed E-state index contributed by atoms with van der Waals surface area (Å²) in [6.45, 7) is 0.645. The van der Waals surface area contributed by atoms with Crippen LogP contribution in [-0.4, -0.2) is 31.6 Å². The second-order valence-electron chi connectivity index (χ2n) is 5.40. The fraction of sp³-hybridized carbons (Fsp3) is 0.111. The molecule has 3 rings (SSSR count). The smallest absolute Gasteiger partial charge is 0.297 e. The lowest BCUT2D eigenvalue weighted by atomic mass is 10.1. The number of pyridine rings is 1. The van der Waals surface area contributed by atoms with Gasteiger partial charge >= 0.3 is 0 Å². The maximum Gasteiger partial charge on any atom is 0.297 e. The maximum atomic E-state index is 12.0. The molecule has 1 aromatic carbocycles. The molecule has 7 nitrogen and oxygen atoms in total. The van der Waals surface area contributed by atoms with Crippen molar-refractivity contribution in [3.8, 4) is 5.75 Å². The number of benzene rings is 1. The van der Waals surface area contributed by atoms with Crippen molar-refractivity contribution in [2.45, 2.75) is 13.0 Å². The molecular weight excluding hydrogens is 320 g/mol. The molecule has 0 unspecified atom stereocenters. The number of nitrogens with zero attached hydrogens (tertiary/aromatic N) is 3. The van der Waals surface area contributed by atoms with Crippen LogP contribution in [0.2, 0.25) is 0 Å². The van der Waals surface area contributed by atoms with E-state index in [2.05, 4.69) is 15.4 Å². The first-order valence-corrected chi connectivity index (χ1v) is 7.69. The van der Waals surface area contributed by atoms with Crippen LogP contribution in [0.25, 0.3) is 0 Å². The fourth-order valence-electron chi connectivity index (χ4n) is 2.26. The molecule has 0 bridgehead atoms. The third kappa shape index (κ3) is 4.29. The van der Waals surface area contributed by atoms with Crippen LogP contribution >= 0.6 is 0 Å². The minimum atomic E-state index is -0.773. The molecule has 0 radical (unpaired) electrons. The summed E-state index contributed by atoms with van der Waals surface area (Å²) in [7, 11) is 0. The summed E-state index contributed by atoms with van der Waals surface area (Å²) in [5.74, 6) is -1.12. The Labute approximate surface area is 143 Å². The number of ketones is 1. The van der Waals surface area contributed by atoms with E-state index in [1.165, 1.54) is 24.3 Å². The van der Waals surface area contributed by atoms with E-state index in [1.807, 2.05) is 12.1 Å². The number of phenols is 1. The number of hydrogen-bond donors (Lipinski definition) is 2. The Hall–Kier alpha value is -3.48. The van der Waals surface area contributed by atoms with E-state index in [0.29, 0.717) is 12.4 Å². The number of amides is 1. The van der Waals surface area contributed by atoms with Gasteiger partial charge in [0.15, 0.2) is 5.82 Å². The van der Waals surface area contributed by atoms with Crippen molar-refractivity contribution in [2.75, 3.05) is 5.32 Å². The van der Waals surface area contributed by atoms with Crippen molar-refractivity contribution in [3.05, 3.63) is 72.2 Å². The Morgan fingerprint density at radius 1 is 1.04 bits per heavy atom. The Morgan fingerprint density at radius 2 is 1.76 bits per heavy atom. The number of Topliss-reactive ketones (excluding diaryl/α,β-unsaturated/α-hetero) is 1. The van der Waals surface area contributed by atoms with Crippen molar-refractivity contribution < 1.29 is 14.7 Å². The van der Waals surface area contributed by atoms with Crippen LogP contribution in [0, 0.1) is 0 Å². The number of anilines is 1. The average molecular weight is 336 g/mol. The quantitative estimate of drug-likeness (QED) is 0.530. The molecule has 0 saturated heterocycles. The molecule has 1 amide bonds. The van der Waals surface area contributed by atoms with Crippen molar-refractivity contribution in [1.82, 2.24) is 14.8 Å². The summed E-state index contributed by atoms with van der Waals surface area (Å²) in [5.41, 5.74) is 1.34. The predicted octanol–water partition coefficient (Wildman–Crippen LogP) is 2.05. The van der Waals surface area contributed by atoms with Gasteiger partial charge in [0.05, 0.1) is 0 Å². The van der Waals surface area contributed by atoms with Crippen LogP contribution in [0.4, 0.5) is 5.82 Å². The van der Waals surface area contributed by atoms with Gasteiger partial charge in [-0.05, 0) is 48.4 Å². The molecule has 0 aliphatic heterocycles. The second-order valence-corrected chi connectivity index (χ2v) is 5.40. The number of phenolic OH excluding ortho intramolecular Hbond substituents is 1. The Morgan fingerprint density at radius 3 is 2.48 bits per heavy atom. The van der Waals surface area contributed by atoms with Crippen LogP contribution in [0.3, 0.4) is 0 Å². The van der Waals surface area contributed by atoms with E-state index in [4.69, 9.17) is 0 Å². The molecular formula is C18H16N4O3. The van der Waals surface area contributed by atoms with Crippen molar-refractivity contribution >= 4 is 17.5 Å². The molecule has 2 aromatic heterocycles. The highest BCUT2D eigenvalue weighted by Gasteiger charge is 2.17. The van der Waals surface area contributed by atoms with Gasteiger partial charge in [-0.1, -0.05) is 0 Å². The van der Waals surface area contributed by atoms with Crippen LogP contribution in [-0.2, 0) is 17.8 Å². The van der Waals surface area contributed by atoms with E-state index in [1.54, 1.807) is 29.3 Å². The molecule has 0 saturated carbocycles. The number of hydrogen-bond acceptors (Lipinski definition) is 5. The third-order valence-corrected chi connectivity index (χ3v) is 3.60. The zero-order valence-electron chi connectivity index (χ0n) is 13.3. The summed E-state index contributed by atoms with van der Waals surface area (Å²) < 4.78 is 1.70. The van der Waals surface area contributed by atoms with Crippen molar-refractivity contribution in [3.63, 3.8) is 0 Å². The van der Waals surface area contributed by atoms with Crippen LogP contribution in [0.15, 0.2) is 61.1 Å². The Kier molecular flexibility index (Phi) is 4.84. The summed E-state index contributed by atoms with van der Waals surface area (Å²) >= 11 is 0. The molecule has 2 N–H and O–H groups in total. The number of rotatable bonds is 6. The van der Waals surface area contributed by atoms with Crippen LogP contribution < -0.4 is 5.32 Å². The van der Waals surface area contributed by atoms with Gasteiger partial charge in [0.2, 0.25) is 0 Å². The van der Waals surface area contributed by atoms with E-state index in [0.717, 1.165) is 12.0 Å². The zero-order chi connectivity index (χ0) is 17.6. The topological polar surface area (TPSA) is 97.1 Å². The molecule has 0 fully saturated rings. The number of aromatic nitrogens is 3. The number of carbonyl (C=O) groups excluding carboxylic acids is 2. The molecule has 0 spiro atoms. The molecule has 0 aliphatic rings. The Balaban J connectivity index is 1.58. The summed E-state index contributed by atoms with van der Waals surface area (Å²) in [4.78, 5) is 28.0. The highest BCUT2D eigenvalue weighted by atomic mass is 16.3. The number of nitrogens with one attached hydrogen (secondary N) is 1. The van der Waals surface area contributed by atoms with Gasteiger partial charge in [0.25, 0.3) is 11.7 Å². The van der Waals surface area contributed by atoms with Crippen molar-refractivity contribution in [1.29, 1.82) is 0 Å². The number of aryl methyl sites for hydroxylation is 2. The van der Waals surface area contributed by atoms with Gasteiger partial charge in [-0.25, -0.2) is 0 Å². The predicted molar refractivity (Wildman–Crippen MR) is 91.2 cm³/mol. The summed E-state index contributed by atoms with van der Waals surface area (Å²) in [6.07, 6.45) is 5.99. The second kappa shape index (κ2) is 7.39. The first kappa shape index (κ1) is 16.4. The SMILES string of the molecule is O=C(Nc1ccn(CCc2ccncc2)n1)C(=O)c1ccc(O)cc1. The number of aromatic hydroxyl groups is 1. The maximum absolute atomic E-state index is 12.0. The molecule has 25 heavy (non-hydrogen) atoms. The van der Waals surface area contributed by atoms with Crippen LogP contribution in [0.1, 0.15) is 15.9 Å². The van der Waals surface area contributed by atoms with E-state index in [-0.39, 0.29) is 11.3 Å². The molecule has 3 aromatic rings. The van der Waals surface area contributed by atoms with Gasteiger partial charge in [-0.3, -0.25) is 19.3 Å². The van der Waals surface area contributed by atoms with Gasteiger partial charge in [-0.2, -0.15) is 5.10 Å². The average Bonchev–Trinajstić information content (AvgIpc) is 3.08. The zero-order valence-corrected chi connectivity index (χ0v) is 13.3. The first-order valence-electron chi connectivity index (χ1n) is 7.69. The minimum Gasteiger partial charge on any atom is -0.508 e. The molecule has 0 atom stereocenters. The van der Waals surface area contributed by atoms with Gasteiger partial charge in [0, 0.05) is 36.8 Å². The lowest BCUT2D eigenvalue weighted by Crippen LogP contribution is -2.23. The van der Waals surface area contributed by atoms with E-state index < -0.39 is 11.7 Å². The van der Waals surface area contributed by atoms with Gasteiger partial charge in [0.1, 0.15) is 5.75 Å². The summed E-state index contributed by atoms with van der Waals surface area (Å²) in [5, 5.41) is 15.9. The molecule has 7 heteroatoms. The normalized spacial score (nSPS) is 10.4. The molecule has 126 valence electrons. The molecule has 0 aliphatic carbocycles. The first-order chi connectivity index (χ1) is 12.1. The highest BCUT2D eigenvalue weighted by Crippen LogP contribution is 2.11. The fourth-order valence-corrected chi connectivity index (χ4v) is 2.26. The lowest BCUT2D eigenvalue weighted by Gasteiger charge is -2.03. The standard InChI is InChI=1S/C18H16N4O3/c23-15-3-1-14(2-4-15)17(24)18(25)20-16-8-12-22(21-16)11-7-13-5-9-19-10-6-13/h1-6,8-10,12,23H,7,11H2,(H,20,21,25). The van der Waals surface area contributed by atoms with Gasteiger partial charge < -0.3 is 10.4 Å². The Bertz CT molecular complexity index is 873. The van der Waals surface area contributed by atoms with E-state index >= 15 is 0 Å². The molecule has 2 heterocycles. The monoisotopic (exact) mass is 336 g/mol. The van der Waals surface area contributed by atoms with Gasteiger partial charge in [-0.15, -0.1) is 0 Å². The van der Waals surface area contributed by atoms with E-state index in [9.17, 15) is 14.7 Å². The summed E-state index contributed by atoms with van der Waals surface area (Å²) in [6, 6.07) is 11.0. The minimum absolute atomic E-state index is 0.0323. The largest absolute Gasteiger partial charge is 0.508 e. The van der Waals surface area contributed by atoms with Crippen LogP contribution in [0.5, 0.6) is 5.75 Å². The highest BCUT2D eigenvalue weighted by molar-refractivity contribution is 6.46. The lowest BCUT2D eigenvalue weighted by molar-refractivity contribution is -0.112.